The van der Waals surface area contributed by atoms with E-state index in [0.29, 0.717) is 35.9 Å². The molecule has 48 heavy (non-hydrogen) atoms. The standard InChI is InChI=1S/C40H53ClN2O5/c1-7-46-37-26-38(34(41)25-29(37)27-42(5)21-9-8-17-39(44)45-6)48-36-19-18-32-31(14-10-15-33(32)36)30-13-11-16-35(28(30)2)47-24-12-22-43-23-20-40(43,3)4/h10-11,13-16,25-26,36H,7-9,12,17-24,27H2,1-6H3/t36-/m0/s1. The molecule has 0 spiro atoms. The van der Waals surface area contributed by atoms with Gasteiger partial charge in [-0.25, -0.2) is 0 Å². The highest BCUT2D eigenvalue weighted by Gasteiger charge is 2.35. The van der Waals surface area contributed by atoms with Crippen molar-refractivity contribution in [1.29, 1.82) is 0 Å². The van der Waals surface area contributed by atoms with Gasteiger partial charge in [-0.2, -0.15) is 0 Å². The lowest BCUT2D eigenvalue weighted by Crippen LogP contribution is -2.55. The number of halogens is 1. The molecule has 1 saturated heterocycles. The van der Waals surface area contributed by atoms with Crippen molar-refractivity contribution in [2.75, 3.05) is 47.0 Å². The first kappa shape index (κ1) is 36.0. The highest BCUT2D eigenvalue weighted by atomic mass is 35.5. The van der Waals surface area contributed by atoms with Crippen molar-refractivity contribution in [3.63, 3.8) is 0 Å². The number of benzene rings is 3. The summed E-state index contributed by atoms with van der Waals surface area (Å²) in [6.07, 6.45) is 6.15. The van der Waals surface area contributed by atoms with Crippen LogP contribution in [0.3, 0.4) is 0 Å². The molecule has 3 aromatic carbocycles. The van der Waals surface area contributed by atoms with Crippen LogP contribution in [0.4, 0.5) is 0 Å². The minimum absolute atomic E-state index is 0.0965. The molecule has 2 aliphatic rings. The first-order valence-electron chi connectivity index (χ1n) is 17.6. The van der Waals surface area contributed by atoms with Gasteiger partial charge in [0, 0.05) is 43.2 Å². The Kier molecular flexibility index (Phi) is 12.3. The van der Waals surface area contributed by atoms with Gasteiger partial charge in [-0.3, -0.25) is 9.69 Å². The molecule has 1 fully saturated rings. The summed E-state index contributed by atoms with van der Waals surface area (Å²) in [5.74, 6) is 2.22. The minimum atomic E-state index is -0.165. The summed E-state index contributed by atoms with van der Waals surface area (Å²) in [6, 6.07) is 16.9. The third-order valence-corrected chi connectivity index (χ3v) is 10.3. The quantitative estimate of drug-likeness (QED) is 0.105. The van der Waals surface area contributed by atoms with E-state index in [0.717, 1.165) is 68.9 Å². The number of unbranched alkanes of at least 4 members (excludes halogenated alkanes) is 1. The Bertz CT molecular complexity index is 1560. The summed E-state index contributed by atoms with van der Waals surface area (Å²) in [4.78, 5) is 16.2. The van der Waals surface area contributed by atoms with Crippen LogP contribution < -0.4 is 14.2 Å². The summed E-state index contributed by atoms with van der Waals surface area (Å²) in [5.41, 5.74) is 7.51. The topological polar surface area (TPSA) is 60.5 Å². The second-order valence-electron chi connectivity index (χ2n) is 13.8. The van der Waals surface area contributed by atoms with Gasteiger partial charge >= 0.3 is 5.97 Å². The number of methoxy groups -OCH3 is 1. The normalized spacial score (nSPS) is 16.8. The molecular weight excluding hydrogens is 624 g/mol. The first-order chi connectivity index (χ1) is 23.1. The molecule has 0 radical (unpaired) electrons. The lowest BCUT2D eigenvalue weighted by Gasteiger charge is -2.48. The zero-order valence-corrected chi connectivity index (χ0v) is 30.5. The maximum Gasteiger partial charge on any atom is 0.305 e. The van der Waals surface area contributed by atoms with Crippen molar-refractivity contribution < 1.29 is 23.7 Å². The molecule has 0 amide bonds. The smallest absolute Gasteiger partial charge is 0.305 e. The Labute approximate surface area is 292 Å². The third-order valence-electron chi connectivity index (χ3n) is 9.99. The number of hydrogen-bond acceptors (Lipinski definition) is 7. The van der Waals surface area contributed by atoms with Gasteiger partial charge in [0.05, 0.1) is 25.3 Å². The van der Waals surface area contributed by atoms with Gasteiger partial charge in [-0.1, -0.05) is 41.9 Å². The Balaban J connectivity index is 1.25. The largest absolute Gasteiger partial charge is 0.493 e. The second kappa shape index (κ2) is 16.4. The van der Waals surface area contributed by atoms with E-state index in [2.05, 4.69) is 74.0 Å². The van der Waals surface area contributed by atoms with Crippen molar-refractivity contribution >= 4 is 17.6 Å². The molecule has 1 aliphatic heterocycles. The maximum atomic E-state index is 11.4. The van der Waals surface area contributed by atoms with Gasteiger partial charge in [0.25, 0.3) is 0 Å². The number of rotatable bonds is 17. The van der Waals surface area contributed by atoms with E-state index in [9.17, 15) is 4.79 Å². The number of carbonyl (C=O) groups is 1. The van der Waals surface area contributed by atoms with Crippen molar-refractivity contribution in [2.24, 2.45) is 0 Å². The molecule has 7 nitrogen and oxygen atoms in total. The average Bonchev–Trinajstić information content (AvgIpc) is 3.48. The van der Waals surface area contributed by atoms with Crippen molar-refractivity contribution in [3.05, 3.63) is 75.8 Å². The van der Waals surface area contributed by atoms with Gasteiger partial charge < -0.3 is 23.8 Å². The summed E-state index contributed by atoms with van der Waals surface area (Å²) in [5, 5.41) is 0.579. The number of hydrogen-bond donors (Lipinski definition) is 0. The fraction of sp³-hybridized carbons (Fsp3) is 0.525. The average molecular weight is 677 g/mol. The molecule has 0 bridgehead atoms. The Hall–Kier alpha value is -3.26. The van der Waals surface area contributed by atoms with Crippen LogP contribution in [-0.4, -0.2) is 68.3 Å². The summed E-state index contributed by atoms with van der Waals surface area (Å²) in [6.45, 7) is 13.9. The third kappa shape index (κ3) is 8.66. The Morgan fingerprint density at radius 3 is 2.54 bits per heavy atom. The number of carbonyl (C=O) groups excluding carboxylic acids is 1. The molecule has 0 aromatic heterocycles. The molecule has 1 heterocycles. The van der Waals surface area contributed by atoms with Crippen molar-refractivity contribution in [2.45, 2.75) is 90.8 Å². The summed E-state index contributed by atoms with van der Waals surface area (Å²) < 4.78 is 23.8. The van der Waals surface area contributed by atoms with Crippen LogP contribution in [0.1, 0.15) is 87.7 Å². The summed E-state index contributed by atoms with van der Waals surface area (Å²) in [7, 11) is 3.50. The zero-order valence-electron chi connectivity index (χ0n) is 29.7. The first-order valence-corrected chi connectivity index (χ1v) is 18.0. The highest BCUT2D eigenvalue weighted by Crippen LogP contribution is 2.44. The fourth-order valence-corrected chi connectivity index (χ4v) is 7.21. The van der Waals surface area contributed by atoms with E-state index in [1.807, 2.05) is 19.1 Å². The number of nitrogens with zero attached hydrogens (tertiary/aromatic N) is 2. The number of ether oxygens (including phenoxy) is 4. The van der Waals surface area contributed by atoms with Crippen LogP contribution in [0.25, 0.3) is 11.1 Å². The Morgan fingerprint density at radius 2 is 1.81 bits per heavy atom. The van der Waals surface area contributed by atoms with Gasteiger partial charge in [0.2, 0.25) is 0 Å². The predicted octanol–water partition coefficient (Wildman–Crippen LogP) is 8.81. The van der Waals surface area contributed by atoms with Gasteiger partial charge in [0.1, 0.15) is 23.4 Å². The Morgan fingerprint density at radius 1 is 1.02 bits per heavy atom. The molecule has 0 saturated carbocycles. The second-order valence-corrected chi connectivity index (χ2v) is 14.2. The van der Waals surface area contributed by atoms with E-state index in [-0.39, 0.29) is 12.1 Å². The lowest BCUT2D eigenvalue weighted by atomic mass is 9.89. The van der Waals surface area contributed by atoms with Crippen LogP contribution in [0.5, 0.6) is 17.2 Å². The van der Waals surface area contributed by atoms with Crippen molar-refractivity contribution in [3.8, 4) is 28.4 Å². The van der Waals surface area contributed by atoms with Crippen LogP contribution >= 0.6 is 11.6 Å². The van der Waals surface area contributed by atoms with Crippen LogP contribution in [-0.2, 0) is 22.5 Å². The molecule has 0 unspecified atom stereocenters. The molecule has 260 valence electrons. The number of likely N-dealkylation sites (tertiary alicyclic amines) is 1. The highest BCUT2D eigenvalue weighted by molar-refractivity contribution is 6.32. The van der Waals surface area contributed by atoms with E-state index in [1.54, 1.807) is 0 Å². The van der Waals surface area contributed by atoms with E-state index in [1.165, 1.54) is 47.9 Å². The number of esters is 1. The molecule has 1 aliphatic carbocycles. The van der Waals surface area contributed by atoms with Gasteiger partial charge in [0.15, 0.2) is 0 Å². The summed E-state index contributed by atoms with van der Waals surface area (Å²) >= 11 is 6.86. The van der Waals surface area contributed by atoms with Crippen LogP contribution in [0.15, 0.2) is 48.5 Å². The SMILES string of the molecule is CCOc1cc(O[C@H]2CCc3c(-c4cccc(OCCCN5CCC5(C)C)c4C)cccc32)c(Cl)cc1CN(C)CCCCC(=O)OC. The minimum Gasteiger partial charge on any atom is -0.493 e. The lowest BCUT2D eigenvalue weighted by molar-refractivity contribution is -0.140. The van der Waals surface area contributed by atoms with Crippen LogP contribution in [0.2, 0.25) is 5.02 Å². The molecule has 3 aromatic rings. The van der Waals surface area contributed by atoms with E-state index >= 15 is 0 Å². The van der Waals surface area contributed by atoms with Gasteiger partial charge in [-0.15, -0.1) is 0 Å². The zero-order chi connectivity index (χ0) is 34.3. The van der Waals surface area contributed by atoms with Crippen LogP contribution in [0, 0.1) is 6.92 Å². The fourth-order valence-electron chi connectivity index (χ4n) is 6.98. The van der Waals surface area contributed by atoms with E-state index in [4.69, 9.17) is 30.5 Å². The monoisotopic (exact) mass is 676 g/mol. The molecular formula is C40H53ClN2O5. The predicted molar refractivity (Wildman–Crippen MR) is 194 cm³/mol. The molecule has 5 rings (SSSR count). The molecule has 0 N–H and O–H groups in total. The molecule has 1 atom stereocenters. The van der Waals surface area contributed by atoms with Gasteiger partial charge in [-0.05, 0) is 120 Å². The van der Waals surface area contributed by atoms with E-state index < -0.39 is 0 Å². The van der Waals surface area contributed by atoms with Crippen molar-refractivity contribution in [1.82, 2.24) is 9.80 Å². The molecule has 8 heteroatoms. The maximum absolute atomic E-state index is 11.4. The number of fused-ring (bicyclic) bond motifs is 1.